The molecule has 1 heterocycles. The van der Waals surface area contributed by atoms with Gasteiger partial charge in [0.15, 0.2) is 0 Å². The van der Waals surface area contributed by atoms with Gasteiger partial charge in [-0.05, 0) is 47.5 Å². The van der Waals surface area contributed by atoms with Gasteiger partial charge < -0.3 is 10.1 Å². The van der Waals surface area contributed by atoms with E-state index >= 15 is 0 Å². The van der Waals surface area contributed by atoms with Crippen molar-refractivity contribution in [2.24, 2.45) is 0 Å². The van der Waals surface area contributed by atoms with E-state index in [1.165, 1.54) is 0 Å². The van der Waals surface area contributed by atoms with Crippen LogP contribution in [0.5, 0.6) is 5.75 Å². The lowest BCUT2D eigenvalue weighted by atomic mass is 10.2. The third-order valence-corrected chi connectivity index (χ3v) is 3.54. The number of nitrogens with zero attached hydrogens (tertiary/aromatic N) is 1. The second-order valence-electron chi connectivity index (χ2n) is 4.47. The number of rotatable bonds is 5. The van der Waals surface area contributed by atoms with E-state index in [1.807, 2.05) is 31.2 Å². The van der Waals surface area contributed by atoms with Gasteiger partial charge in [0.05, 0.1) is 11.1 Å². The summed E-state index contributed by atoms with van der Waals surface area (Å²) < 4.78 is 6.64. The molecular weight excluding hydrogens is 340 g/mol. The van der Waals surface area contributed by atoms with Crippen LogP contribution in [0.15, 0.2) is 41.0 Å². The maximum Gasteiger partial charge on any atom is 0.149 e. The molecule has 0 aliphatic carbocycles. The van der Waals surface area contributed by atoms with Crippen molar-refractivity contribution in [2.45, 2.75) is 26.4 Å². The molecule has 1 N–H and O–H groups in total. The van der Waals surface area contributed by atoms with Crippen molar-refractivity contribution < 1.29 is 4.74 Å². The number of anilines is 2. The summed E-state index contributed by atoms with van der Waals surface area (Å²) in [5, 5.41) is 3.75. The molecule has 1 unspecified atom stereocenters. The zero-order valence-electron chi connectivity index (χ0n) is 11.4. The van der Waals surface area contributed by atoms with Crippen LogP contribution < -0.4 is 10.1 Å². The summed E-state index contributed by atoms with van der Waals surface area (Å²) in [4.78, 5) is 4.25. The molecule has 2 aromatic rings. The molecule has 0 bridgehead atoms. The van der Waals surface area contributed by atoms with Crippen molar-refractivity contribution >= 4 is 39.0 Å². The van der Waals surface area contributed by atoms with Crippen LogP contribution in [-0.4, -0.2) is 11.1 Å². The normalized spacial score (nSPS) is 12.0. The molecule has 106 valence electrons. The maximum absolute atomic E-state index is 6.14. The minimum Gasteiger partial charge on any atom is -0.491 e. The van der Waals surface area contributed by atoms with Crippen LogP contribution in [0.4, 0.5) is 11.5 Å². The lowest BCUT2D eigenvalue weighted by Crippen LogP contribution is -2.09. The SMILES string of the molecule is CCC(C)Oc1cccc(Nc2ncc(Br)cc2Cl)c1. The molecular formula is C15H16BrClN2O. The number of benzene rings is 1. The molecule has 0 saturated heterocycles. The molecule has 1 aromatic heterocycles. The average molecular weight is 356 g/mol. The van der Waals surface area contributed by atoms with Gasteiger partial charge in [0.25, 0.3) is 0 Å². The van der Waals surface area contributed by atoms with Gasteiger partial charge in [-0.1, -0.05) is 24.6 Å². The smallest absolute Gasteiger partial charge is 0.149 e. The Hall–Kier alpha value is -1.26. The number of halogens is 2. The van der Waals surface area contributed by atoms with Gasteiger partial charge in [0.1, 0.15) is 11.6 Å². The van der Waals surface area contributed by atoms with E-state index in [1.54, 1.807) is 12.3 Å². The maximum atomic E-state index is 6.14. The number of hydrogen-bond acceptors (Lipinski definition) is 3. The first-order valence-electron chi connectivity index (χ1n) is 6.43. The quantitative estimate of drug-likeness (QED) is 0.777. The van der Waals surface area contributed by atoms with Gasteiger partial charge in [-0.25, -0.2) is 4.98 Å². The zero-order chi connectivity index (χ0) is 14.5. The minimum absolute atomic E-state index is 0.194. The van der Waals surface area contributed by atoms with E-state index in [-0.39, 0.29) is 6.10 Å². The Kier molecular flexibility index (Phi) is 5.26. The largest absolute Gasteiger partial charge is 0.491 e. The Bertz CT molecular complexity index is 592. The van der Waals surface area contributed by atoms with Gasteiger partial charge in [0.2, 0.25) is 0 Å². The van der Waals surface area contributed by atoms with Crippen LogP contribution in [0, 0.1) is 0 Å². The summed E-state index contributed by atoms with van der Waals surface area (Å²) in [5.41, 5.74) is 0.891. The molecule has 3 nitrogen and oxygen atoms in total. The topological polar surface area (TPSA) is 34.1 Å². The van der Waals surface area contributed by atoms with E-state index in [9.17, 15) is 0 Å². The Balaban J connectivity index is 2.15. The van der Waals surface area contributed by atoms with Crippen molar-refractivity contribution in [1.29, 1.82) is 0 Å². The van der Waals surface area contributed by atoms with Crippen LogP contribution >= 0.6 is 27.5 Å². The lowest BCUT2D eigenvalue weighted by molar-refractivity contribution is 0.217. The molecule has 2 rings (SSSR count). The fourth-order valence-electron chi connectivity index (χ4n) is 1.61. The second-order valence-corrected chi connectivity index (χ2v) is 5.80. The molecule has 0 saturated carbocycles. The van der Waals surface area contributed by atoms with Crippen molar-refractivity contribution in [2.75, 3.05) is 5.32 Å². The van der Waals surface area contributed by atoms with Crippen LogP contribution in [0.2, 0.25) is 5.02 Å². The summed E-state index contributed by atoms with van der Waals surface area (Å²) >= 11 is 9.47. The Morgan fingerprint density at radius 1 is 1.40 bits per heavy atom. The third-order valence-electron chi connectivity index (χ3n) is 2.82. The molecule has 0 aliphatic heterocycles. The Labute approximate surface area is 132 Å². The van der Waals surface area contributed by atoms with Crippen LogP contribution in [0.3, 0.4) is 0 Å². The van der Waals surface area contributed by atoms with E-state index in [2.05, 4.69) is 33.2 Å². The zero-order valence-corrected chi connectivity index (χ0v) is 13.7. The first-order chi connectivity index (χ1) is 9.58. The van der Waals surface area contributed by atoms with Crippen LogP contribution in [0.1, 0.15) is 20.3 Å². The summed E-state index contributed by atoms with van der Waals surface area (Å²) in [6.07, 6.45) is 2.87. The Morgan fingerprint density at radius 3 is 2.90 bits per heavy atom. The molecule has 0 radical (unpaired) electrons. The molecule has 1 aromatic carbocycles. The minimum atomic E-state index is 0.194. The highest BCUT2D eigenvalue weighted by Crippen LogP contribution is 2.27. The highest BCUT2D eigenvalue weighted by Gasteiger charge is 2.05. The number of aromatic nitrogens is 1. The van der Waals surface area contributed by atoms with Crippen LogP contribution in [-0.2, 0) is 0 Å². The molecule has 0 fully saturated rings. The first-order valence-corrected chi connectivity index (χ1v) is 7.60. The van der Waals surface area contributed by atoms with Gasteiger partial charge in [0, 0.05) is 22.4 Å². The number of nitrogens with one attached hydrogen (secondary N) is 1. The molecule has 1 atom stereocenters. The summed E-state index contributed by atoms with van der Waals surface area (Å²) in [6.45, 7) is 4.14. The summed E-state index contributed by atoms with van der Waals surface area (Å²) in [5.74, 6) is 1.45. The predicted molar refractivity (Wildman–Crippen MR) is 87.1 cm³/mol. The molecule has 0 aliphatic rings. The van der Waals surface area contributed by atoms with E-state index in [0.717, 1.165) is 22.3 Å². The molecule has 0 spiro atoms. The fraction of sp³-hybridized carbons (Fsp3) is 0.267. The van der Waals surface area contributed by atoms with Gasteiger partial charge >= 0.3 is 0 Å². The van der Waals surface area contributed by atoms with Crippen molar-refractivity contribution in [3.63, 3.8) is 0 Å². The second kappa shape index (κ2) is 6.95. The molecule has 5 heteroatoms. The first kappa shape index (κ1) is 15.1. The number of hydrogen-bond donors (Lipinski definition) is 1. The van der Waals surface area contributed by atoms with E-state index in [0.29, 0.717) is 10.8 Å². The van der Waals surface area contributed by atoms with Gasteiger partial charge in [-0.2, -0.15) is 0 Å². The number of ether oxygens (including phenoxy) is 1. The van der Waals surface area contributed by atoms with Gasteiger partial charge in [-0.15, -0.1) is 0 Å². The monoisotopic (exact) mass is 354 g/mol. The lowest BCUT2D eigenvalue weighted by Gasteiger charge is -2.14. The standard InChI is InChI=1S/C15H16BrClN2O/c1-3-10(2)20-13-6-4-5-12(8-13)19-15-14(17)7-11(16)9-18-15/h4-10H,3H2,1-2H3,(H,18,19). The third kappa shape index (κ3) is 4.12. The summed E-state index contributed by atoms with van der Waals surface area (Å²) in [6, 6.07) is 9.56. The summed E-state index contributed by atoms with van der Waals surface area (Å²) in [7, 11) is 0. The van der Waals surface area contributed by atoms with E-state index in [4.69, 9.17) is 16.3 Å². The number of pyridine rings is 1. The molecule has 0 amide bonds. The highest BCUT2D eigenvalue weighted by atomic mass is 79.9. The highest BCUT2D eigenvalue weighted by molar-refractivity contribution is 9.10. The van der Waals surface area contributed by atoms with Crippen molar-refractivity contribution in [1.82, 2.24) is 4.98 Å². The van der Waals surface area contributed by atoms with Crippen molar-refractivity contribution in [3.05, 3.63) is 46.0 Å². The molecule has 20 heavy (non-hydrogen) atoms. The predicted octanol–water partition coefficient (Wildman–Crippen LogP) is 5.42. The van der Waals surface area contributed by atoms with Crippen LogP contribution in [0.25, 0.3) is 0 Å². The fourth-order valence-corrected chi connectivity index (χ4v) is 2.28. The average Bonchev–Trinajstić information content (AvgIpc) is 2.42. The Morgan fingerprint density at radius 2 is 2.20 bits per heavy atom. The van der Waals surface area contributed by atoms with Crippen molar-refractivity contribution in [3.8, 4) is 5.75 Å². The van der Waals surface area contributed by atoms with E-state index < -0.39 is 0 Å². The van der Waals surface area contributed by atoms with Gasteiger partial charge in [-0.3, -0.25) is 0 Å².